The molecule has 0 aliphatic heterocycles. The molecule has 0 aliphatic rings. The summed E-state index contributed by atoms with van der Waals surface area (Å²) in [6.45, 7) is 5.42. The van der Waals surface area contributed by atoms with Crippen LogP contribution in [-0.2, 0) is 0 Å². The fraction of sp³-hybridized carbons (Fsp3) is 0.143. The van der Waals surface area contributed by atoms with Crippen molar-refractivity contribution in [3.05, 3.63) is 77.2 Å². The number of nitrogens with zero attached hydrogens (tertiary/aromatic N) is 2. The van der Waals surface area contributed by atoms with E-state index in [0.29, 0.717) is 17.1 Å². The molecule has 0 bridgehead atoms. The number of carbonyl (C=O) groups excluding carboxylic acids is 2. The van der Waals surface area contributed by atoms with E-state index in [9.17, 15) is 9.59 Å². The molecule has 0 unspecified atom stereocenters. The lowest BCUT2D eigenvalue weighted by Gasteiger charge is -2.10. The minimum atomic E-state index is -0.313. The summed E-state index contributed by atoms with van der Waals surface area (Å²) in [5, 5.41) is 5.98. The molecule has 2 N–H and O–H groups in total. The van der Waals surface area contributed by atoms with Gasteiger partial charge in [-0.05, 0) is 50.1 Å². The highest BCUT2D eigenvalue weighted by Crippen LogP contribution is 2.19. The first kappa shape index (κ1) is 18.3. The molecule has 136 valence electrons. The van der Waals surface area contributed by atoms with E-state index < -0.39 is 0 Å². The summed E-state index contributed by atoms with van der Waals surface area (Å²) in [7, 11) is 0. The number of carbonyl (C=O) groups is 2. The quantitative estimate of drug-likeness (QED) is 0.663. The highest BCUT2D eigenvalue weighted by Gasteiger charge is 2.11. The minimum absolute atomic E-state index is 0.0186. The van der Waals surface area contributed by atoms with E-state index in [1.807, 2.05) is 38.1 Å². The maximum absolute atomic E-state index is 12.6. The van der Waals surface area contributed by atoms with Crippen molar-refractivity contribution < 1.29 is 9.59 Å². The first-order valence-electron chi connectivity index (χ1n) is 8.51. The third-order valence-electron chi connectivity index (χ3n) is 4.08. The average Bonchev–Trinajstić information content (AvgIpc) is 2.65. The second-order valence-corrected chi connectivity index (χ2v) is 6.32. The van der Waals surface area contributed by atoms with Gasteiger partial charge in [0.15, 0.2) is 5.78 Å². The van der Waals surface area contributed by atoms with Crippen LogP contribution in [0.5, 0.6) is 0 Å². The van der Waals surface area contributed by atoms with Crippen LogP contribution in [0.4, 0.5) is 17.2 Å². The molecule has 1 amide bonds. The van der Waals surface area contributed by atoms with E-state index in [1.165, 1.54) is 13.3 Å². The zero-order valence-electron chi connectivity index (χ0n) is 15.4. The Morgan fingerprint density at radius 1 is 0.963 bits per heavy atom. The van der Waals surface area contributed by atoms with Gasteiger partial charge in [-0.15, -0.1) is 0 Å². The van der Waals surface area contributed by atoms with Crippen LogP contribution in [0.3, 0.4) is 0 Å². The van der Waals surface area contributed by atoms with Gasteiger partial charge in [-0.3, -0.25) is 9.59 Å². The Morgan fingerprint density at radius 3 is 2.56 bits per heavy atom. The van der Waals surface area contributed by atoms with Crippen molar-refractivity contribution in [2.24, 2.45) is 0 Å². The Balaban J connectivity index is 1.79. The number of aromatic nitrogens is 2. The fourth-order valence-corrected chi connectivity index (χ4v) is 2.57. The second kappa shape index (κ2) is 7.78. The fourth-order valence-electron chi connectivity index (χ4n) is 2.57. The third kappa shape index (κ3) is 4.55. The molecule has 3 aromatic rings. The topological polar surface area (TPSA) is 84.0 Å². The van der Waals surface area contributed by atoms with Crippen molar-refractivity contribution in [2.45, 2.75) is 20.8 Å². The SMILES string of the molecule is CC(=O)c1cccc(Nc2cc(C(=O)Nc3cc(C)ccc3C)ncn2)c1. The van der Waals surface area contributed by atoms with Crippen LogP contribution in [0.15, 0.2) is 54.9 Å². The number of aryl methyl sites for hydroxylation is 2. The van der Waals surface area contributed by atoms with Gasteiger partial charge in [0.05, 0.1) is 0 Å². The lowest BCUT2D eigenvalue weighted by molar-refractivity contribution is 0.101. The zero-order chi connectivity index (χ0) is 19.4. The molecule has 0 fully saturated rings. The molecule has 6 nitrogen and oxygen atoms in total. The number of nitrogens with one attached hydrogen (secondary N) is 2. The van der Waals surface area contributed by atoms with E-state index in [4.69, 9.17) is 0 Å². The molecule has 2 aromatic carbocycles. The molecule has 0 spiro atoms. The Morgan fingerprint density at radius 2 is 1.78 bits per heavy atom. The van der Waals surface area contributed by atoms with Gasteiger partial charge in [-0.2, -0.15) is 0 Å². The molecule has 1 heterocycles. The first-order valence-corrected chi connectivity index (χ1v) is 8.51. The van der Waals surface area contributed by atoms with E-state index in [-0.39, 0.29) is 17.4 Å². The van der Waals surface area contributed by atoms with Gasteiger partial charge in [0, 0.05) is 23.0 Å². The molecule has 0 radical (unpaired) electrons. The number of anilines is 3. The summed E-state index contributed by atoms with van der Waals surface area (Å²) < 4.78 is 0. The van der Waals surface area contributed by atoms with Gasteiger partial charge in [-0.1, -0.05) is 24.3 Å². The number of rotatable bonds is 5. The predicted octanol–water partition coefficient (Wildman–Crippen LogP) is 4.29. The lowest BCUT2D eigenvalue weighted by Crippen LogP contribution is -2.15. The Kier molecular flexibility index (Phi) is 5.26. The van der Waals surface area contributed by atoms with Crippen molar-refractivity contribution in [2.75, 3.05) is 10.6 Å². The summed E-state index contributed by atoms with van der Waals surface area (Å²) in [6, 6.07) is 14.5. The molecule has 0 aliphatic carbocycles. The molecule has 6 heteroatoms. The van der Waals surface area contributed by atoms with Crippen LogP contribution >= 0.6 is 0 Å². The van der Waals surface area contributed by atoms with Crippen LogP contribution in [0.25, 0.3) is 0 Å². The smallest absolute Gasteiger partial charge is 0.274 e. The summed E-state index contributed by atoms with van der Waals surface area (Å²) in [4.78, 5) is 32.3. The van der Waals surface area contributed by atoms with Gasteiger partial charge in [0.1, 0.15) is 17.8 Å². The van der Waals surface area contributed by atoms with Gasteiger partial charge in [0.25, 0.3) is 5.91 Å². The maximum Gasteiger partial charge on any atom is 0.274 e. The molecule has 1 aromatic heterocycles. The largest absolute Gasteiger partial charge is 0.340 e. The Bertz CT molecular complexity index is 1010. The van der Waals surface area contributed by atoms with E-state index in [2.05, 4.69) is 20.6 Å². The summed E-state index contributed by atoms with van der Waals surface area (Å²) in [5.41, 5.74) is 4.34. The summed E-state index contributed by atoms with van der Waals surface area (Å²) in [6.07, 6.45) is 1.33. The maximum atomic E-state index is 12.6. The van der Waals surface area contributed by atoms with Crippen LogP contribution in [0.2, 0.25) is 0 Å². The highest BCUT2D eigenvalue weighted by molar-refractivity contribution is 6.03. The highest BCUT2D eigenvalue weighted by atomic mass is 16.2. The summed E-state index contributed by atoms with van der Waals surface area (Å²) >= 11 is 0. The van der Waals surface area contributed by atoms with Crippen molar-refractivity contribution >= 4 is 28.9 Å². The lowest BCUT2D eigenvalue weighted by atomic mass is 10.1. The molecule has 0 saturated carbocycles. The second-order valence-electron chi connectivity index (χ2n) is 6.32. The Labute approximate surface area is 157 Å². The van der Waals surface area contributed by atoms with Crippen LogP contribution in [0, 0.1) is 13.8 Å². The monoisotopic (exact) mass is 360 g/mol. The van der Waals surface area contributed by atoms with E-state index >= 15 is 0 Å². The molecule has 27 heavy (non-hydrogen) atoms. The standard InChI is InChI=1S/C21H20N4O2/c1-13-7-8-14(2)18(9-13)25-21(27)19-11-20(23-12-22-19)24-17-6-4-5-16(10-17)15(3)26/h4-12H,1-3H3,(H,25,27)(H,22,23,24). The molecular formula is C21H20N4O2. The van der Waals surface area contributed by atoms with Gasteiger partial charge >= 0.3 is 0 Å². The number of ketones is 1. The average molecular weight is 360 g/mol. The van der Waals surface area contributed by atoms with Crippen molar-refractivity contribution in [1.82, 2.24) is 9.97 Å². The van der Waals surface area contributed by atoms with Crippen molar-refractivity contribution in [3.63, 3.8) is 0 Å². The predicted molar refractivity (Wildman–Crippen MR) is 106 cm³/mol. The van der Waals surface area contributed by atoms with Gasteiger partial charge < -0.3 is 10.6 Å². The zero-order valence-corrected chi connectivity index (χ0v) is 15.4. The van der Waals surface area contributed by atoms with Gasteiger partial charge in [-0.25, -0.2) is 9.97 Å². The van der Waals surface area contributed by atoms with Gasteiger partial charge in [0.2, 0.25) is 0 Å². The number of hydrogen-bond donors (Lipinski definition) is 2. The number of Topliss-reactive ketones (excluding diaryl/α,β-unsaturated/α-hetero) is 1. The number of hydrogen-bond acceptors (Lipinski definition) is 5. The molecule has 3 rings (SSSR count). The van der Waals surface area contributed by atoms with E-state index in [1.54, 1.807) is 24.3 Å². The number of amides is 1. The van der Waals surface area contributed by atoms with Crippen molar-refractivity contribution in [3.8, 4) is 0 Å². The summed E-state index contributed by atoms with van der Waals surface area (Å²) in [5.74, 6) is 0.137. The van der Waals surface area contributed by atoms with Crippen molar-refractivity contribution in [1.29, 1.82) is 0 Å². The first-order chi connectivity index (χ1) is 12.9. The third-order valence-corrected chi connectivity index (χ3v) is 4.08. The normalized spacial score (nSPS) is 10.3. The Hall–Kier alpha value is -3.54. The van der Waals surface area contributed by atoms with Crippen LogP contribution in [-0.4, -0.2) is 21.7 Å². The van der Waals surface area contributed by atoms with E-state index in [0.717, 1.165) is 16.8 Å². The molecule has 0 atom stereocenters. The van der Waals surface area contributed by atoms with Crippen LogP contribution < -0.4 is 10.6 Å². The minimum Gasteiger partial charge on any atom is -0.340 e. The number of benzene rings is 2. The molecule has 0 saturated heterocycles. The van der Waals surface area contributed by atoms with Crippen LogP contribution in [0.1, 0.15) is 38.9 Å². The molecular weight excluding hydrogens is 340 g/mol.